The molecule has 0 aromatic carbocycles. The second kappa shape index (κ2) is 8.93. The lowest BCUT2D eigenvalue weighted by atomic mass is 9.97. The van der Waals surface area contributed by atoms with E-state index in [0.29, 0.717) is 12.5 Å². The number of rotatable bonds is 7. The molecule has 0 radical (unpaired) electrons. The van der Waals surface area contributed by atoms with Crippen LogP contribution in [-0.4, -0.2) is 30.6 Å². The summed E-state index contributed by atoms with van der Waals surface area (Å²) in [6.07, 6.45) is 9.08. The van der Waals surface area contributed by atoms with Crippen molar-refractivity contribution in [3.63, 3.8) is 0 Å². The molecular weight excluding hydrogens is 358 g/mol. The van der Waals surface area contributed by atoms with Crippen molar-refractivity contribution in [1.29, 1.82) is 0 Å². The van der Waals surface area contributed by atoms with Crippen molar-refractivity contribution >= 4 is 17.4 Å². The van der Waals surface area contributed by atoms with E-state index < -0.39 is 0 Å². The summed E-state index contributed by atoms with van der Waals surface area (Å²) < 4.78 is 5.65. The standard InChI is InChI=1S/C21H29N3O2S/c25-21(23-20(16-7-1-2-8-16)19-10-6-14-27-19)22-15-17(18-9-5-13-26-18)24-11-3-4-12-24/h5-6,9-10,13-14,16-17,20H,1-4,7-8,11-12,15H2,(H2,22,23,25). The Kier molecular flexibility index (Phi) is 6.14. The number of urea groups is 1. The van der Waals surface area contributed by atoms with Crippen molar-refractivity contribution in [2.45, 2.75) is 50.6 Å². The molecule has 27 heavy (non-hydrogen) atoms. The van der Waals surface area contributed by atoms with Crippen LogP contribution >= 0.6 is 11.3 Å². The lowest BCUT2D eigenvalue weighted by Crippen LogP contribution is -2.43. The summed E-state index contributed by atoms with van der Waals surface area (Å²) in [5.41, 5.74) is 0. The molecule has 2 aromatic heterocycles. The number of nitrogens with zero attached hydrogens (tertiary/aromatic N) is 1. The first-order chi connectivity index (χ1) is 13.3. The minimum Gasteiger partial charge on any atom is -0.468 e. The Morgan fingerprint density at radius 3 is 2.67 bits per heavy atom. The first kappa shape index (κ1) is 18.6. The van der Waals surface area contributed by atoms with Crippen molar-refractivity contribution in [2.75, 3.05) is 19.6 Å². The molecule has 1 saturated carbocycles. The molecule has 2 amide bonds. The minimum atomic E-state index is -0.0731. The Labute approximate surface area is 165 Å². The number of likely N-dealkylation sites (tertiary alicyclic amines) is 1. The van der Waals surface area contributed by atoms with Crippen LogP contribution in [0.4, 0.5) is 4.79 Å². The second-order valence-electron chi connectivity index (χ2n) is 7.67. The van der Waals surface area contributed by atoms with Crippen LogP contribution in [-0.2, 0) is 0 Å². The summed E-state index contributed by atoms with van der Waals surface area (Å²) in [5.74, 6) is 1.48. The molecule has 0 spiro atoms. The van der Waals surface area contributed by atoms with Crippen LogP contribution in [0.5, 0.6) is 0 Å². The molecule has 2 aliphatic rings. The van der Waals surface area contributed by atoms with Gasteiger partial charge in [-0.2, -0.15) is 0 Å². The summed E-state index contributed by atoms with van der Waals surface area (Å²) in [7, 11) is 0. The number of carbonyl (C=O) groups is 1. The minimum absolute atomic E-state index is 0.0731. The van der Waals surface area contributed by atoms with Crippen LogP contribution in [0.2, 0.25) is 0 Å². The van der Waals surface area contributed by atoms with Gasteiger partial charge in [-0.3, -0.25) is 4.90 Å². The van der Waals surface area contributed by atoms with Crippen LogP contribution in [0.3, 0.4) is 0 Å². The van der Waals surface area contributed by atoms with Crippen molar-refractivity contribution in [3.05, 3.63) is 46.5 Å². The van der Waals surface area contributed by atoms with Gasteiger partial charge in [0.1, 0.15) is 5.76 Å². The molecule has 1 saturated heterocycles. The topological polar surface area (TPSA) is 57.5 Å². The number of furan rings is 1. The maximum absolute atomic E-state index is 12.7. The molecule has 2 atom stereocenters. The SMILES string of the molecule is O=C(NCC(c1ccco1)N1CCCC1)NC(c1cccs1)C1CCCC1. The zero-order chi connectivity index (χ0) is 18.5. The molecule has 5 nitrogen and oxygen atoms in total. The molecule has 2 aromatic rings. The van der Waals surface area contributed by atoms with Crippen molar-refractivity contribution < 1.29 is 9.21 Å². The van der Waals surface area contributed by atoms with E-state index in [1.807, 2.05) is 12.1 Å². The third-order valence-electron chi connectivity index (χ3n) is 5.92. The molecule has 1 aliphatic heterocycles. The normalized spacial score (nSPS) is 20.6. The molecular formula is C21H29N3O2S. The average Bonchev–Trinajstić information content (AvgIpc) is 3.49. The van der Waals surface area contributed by atoms with Gasteiger partial charge >= 0.3 is 6.03 Å². The Morgan fingerprint density at radius 1 is 1.19 bits per heavy atom. The van der Waals surface area contributed by atoms with Gasteiger partial charge in [0.05, 0.1) is 18.3 Å². The second-order valence-corrected chi connectivity index (χ2v) is 8.65. The third kappa shape index (κ3) is 4.55. The van der Waals surface area contributed by atoms with Gasteiger partial charge in [-0.1, -0.05) is 18.9 Å². The number of carbonyl (C=O) groups excluding carboxylic acids is 1. The van der Waals surface area contributed by atoms with E-state index >= 15 is 0 Å². The van der Waals surface area contributed by atoms with E-state index in [1.165, 1.54) is 43.4 Å². The number of amides is 2. The molecule has 2 N–H and O–H groups in total. The summed E-state index contributed by atoms with van der Waals surface area (Å²) in [6.45, 7) is 2.70. The van der Waals surface area contributed by atoms with Gasteiger partial charge in [0, 0.05) is 11.4 Å². The van der Waals surface area contributed by atoms with Crippen molar-refractivity contribution in [1.82, 2.24) is 15.5 Å². The van der Waals surface area contributed by atoms with Crippen molar-refractivity contribution in [2.24, 2.45) is 5.92 Å². The molecule has 0 bridgehead atoms. The first-order valence-electron chi connectivity index (χ1n) is 10.2. The highest BCUT2D eigenvalue weighted by Gasteiger charge is 2.30. The molecule has 4 rings (SSSR count). The number of hydrogen-bond donors (Lipinski definition) is 2. The molecule has 2 unspecified atom stereocenters. The molecule has 2 fully saturated rings. The predicted octanol–water partition coefficient (Wildman–Crippen LogP) is 4.71. The number of nitrogens with one attached hydrogen (secondary N) is 2. The fourth-order valence-electron chi connectivity index (χ4n) is 4.51. The van der Waals surface area contributed by atoms with Crippen LogP contribution in [0.1, 0.15) is 61.2 Å². The Bertz CT molecular complexity index is 689. The maximum atomic E-state index is 12.7. The van der Waals surface area contributed by atoms with Gasteiger partial charge in [-0.25, -0.2) is 4.79 Å². The largest absolute Gasteiger partial charge is 0.468 e. The highest BCUT2D eigenvalue weighted by molar-refractivity contribution is 7.10. The quantitative estimate of drug-likeness (QED) is 0.723. The zero-order valence-corrected chi connectivity index (χ0v) is 16.5. The monoisotopic (exact) mass is 387 g/mol. The summed E-state index contributed by atoms with van der Waals surface area (Å²) in [5, 5.41) is 8.47. The predicted molar refractivity (Wildman–Crippen MR) is 108 cm³/mol. The van der Waals surface area contributed by atoms with Crippen LogP contribution < -0.4 is 10.6 Å². The molecule has 3 heterocycles. The zero-order valence-electron chi connectivity index (χ0n) is 15.7. The third-order valence-corrected chi connectivity index (χ3v) is 6.87. The van der Waals surface area contributed by atoms with E-state index in [0.717, 1.165) is 18.8 Å². The average molecular weight is 388 g/mol. The van der Waals surface area contributed by atoms with Gasteiger partial charge in [0.2, 0.25) is 0 Å². The number of thiophene rings is 1. The lowest BCUT2D eigenvalue weighted by molar-refractivity contribution is 0.200. The highest BCUT2D eigenvalue weighted by atomic mass is 32.1. The van der Waals surface area contributed by atoms with Crippen LogP contribution in [0.15, 0.2) is 40.3 Å². The van der Waals surface area contributed by atoms with Crippen LogP contribution in [0, 0.1) is 5.92 Å². The van der Waals surface area contributed by atoms with E-state index in [2.05, 4.69) is 33.0 Å². The molecule has 6 heteroatoms. The Morgan fingerprint density at radius 2 is 2.00 bits per heavy atom. The summed E-state index contributed by atoms with van der Waals surface area (Å²) >= 11 is 1.74. The fraction of sp³-hybridized carbons (Fsp3) is 0.571. The van der Waals surface area contributed by atoms with E-state index in [1.54, 1.807) is 17.6 Å². The Balaban J connectivity index is 1.38. The first-order valence-corrected chi connectivity index (χ1v) is 11.0. The van der Waals surface area contributed by atoms with E-state index in [9.17, 15) is 4.79 Å². The smallest absolute Gasteiger partial charge is 0.315 e. The van der Waals surface area contributed by atoms with Crippen LogP contribution in [0.25, 0.3) is 0 Å². The van der Waals surface area contributed by atoms with Gasteiger partial charge in [-0.15, -0.1) is 11.3 Å². The lowest BCUT2D eigenvalue weighted by Gasteiger charge is -2.27. The van der Waals surface area contributed by atoms with Gasteiger partial charge in [-0.05, 0) is 68.3 Å². The fourth-order valence-corrected chi connectivity index (χ4v) is 5.38. The number of hydrogen-bond acceptors (Lipinski definition) is 4. The van der Waals surface area contributed by atoms with E-state index in [4.69, 9.17) is 4.42 Å². The molecule has 1 aliphatic carbocycles. The van der Waals surface area contributed by atoms with Gasteiger partial charge < -0.3 is 15.1 Å². The highest BCUT2D eigenvalue weighted by Crippen LogP contribution is 2.37. The van der Waals surface area contributed by atoms with Crippen molar-refractivity contribution in [3.8, 4) is 0 Å². The molecule has 146 valence electrons. The van der Waals surface area contributed by atoms with E-state index in [-0.39, 0.29) is 18.1 Å². The summed E-state index contributed by atoms with van der Waals surface area (Å²) in [4.78, 5) is 16.4. The Hall–Kier alpha value is -1.79. The van der Waals surface area contributed by atoms with Gasteiger partial charge in [0.15, 0.2) is 0 Å². The summed E-state index contributed by atoms with van der Waals surface area (Å²) in [6, 6.07) is 8.31. The van der Waals surface area contributed by atoms with Gasteiger partial charge in [0.25, 0.3) is 0 Å². The maximum Gasteiger partial charge on any atom is 0.315 e.